The normalized spacial score (nSPS) is 10.7. The maximum absolute atomic E-state index is 11.4. The van der Waals surface area contributed by atoms with Gasteiger partial charge in [0.2, 0.25) is 0 Å². The zero-order chi connectivity index (χ0) is 20.1. The molecule has 0 fully saturated rings. The molecule has 0 atom stereocenters. The van der Waals surface area contributed by atoms with Crippen LogP contribution in [0.1, 0.15) is 33.4 Å². The Morgan fingerprint density at radius 3 is 2.43 bits per heavy atom. The predicted molar refractivity (Wildman–Crippen MR) is 111 cm³/mol. The summed E-state index contributed by atoms with van der Waals surface area (Å²) in [6.07, 6.45) is 0.574. The van der Waals surface area contributed by atoms with Gasteiger partial charge in [-0.3, -0.25) is 0 Å². The number of thiazole rings is 1. The van der Waals surface area contributed by atoms with Gasteiger partial charge in [0.05, 0.1) is 11.3 Å². The van der Waals surface area contributed by atoms with Crippen LogP contribution in [0, 0.1) is 13.8 Å². The molecule has 0 unspecified atom stereocenters. The first-order chi connectivity index (χ1) is 13.5. The van der Waals surface area contributed by atoms with E-state index in [0.717, 1.165) is 16.9 Å². The van der Waals surface area contributed by atoms with Crippen molar-refractivity contribution >= 4 is 17.3 Å². The Labute approximate surface area is 168 Å². The minimum Gasteiger partial charge on any atom is -0.490 e. The van der Waals surface area contributed by atoms with Crippen LogP contribution in [0.3, 0.4) is 0 Å². The van der Waals surface area contributed by atoms with Crippen LogP contribution in [0.2, 0.25) is 0 Å². The van der Waals surface area contributed by atoms with Crippen molar-refractivity contribution < 1.29 is 19.4 Å². The second-order valence-electron chi connectivity index (χ2n) is 6.42. The Hall–Kier alpha value is -2.86. The standard InChI is InChI=1S/C22H23NO4S/c1-4-17-20(22(24)25)28-21(23-17)16-7-5-6-8-19(16)27-12-11-26-18-10-9-14(2)13-15(18)3/h5-10,13H,4,11-12H2,1-3H3,(H,24,25). The molecule has 3 aromatic rings. The molecule has 0 aliphatic carbocycles. The minimum absolute atomic E-state index is 0.283. The highest BCUT2D eigenvalue weighted by molar-refractivity contribution is 7.17. The van der Waals surface area contributed by atoms with Gasteiger partial charge in [-0.05, 0) is 44.0 Å². The Morgan fingerprint density at radius 2 is 1.79 bits per heavy atom. The van der Waals surface area contributed by atoms with E-state index in [1.165, 1.54) is 16.9 Å². The van der Waals surface area contributed by atoms with Gasteiger partial charge in [-0.15, -0.1) is 11.3 Å². The predicted octanol–water partition coefficient (Wildman–Crippen LogP) is 5.15. The first kappa shape index (κ1) is 19.9. The number of carbonyl (C=O) groups is 1. The summed E-state index contributed by atoms with van der Waals surface area (Å²) in [5, 5.41) is 10.0. The highest BCUT2D eigenvalue weighted by Crippen LogP contribution is 2.34. The lowest BCUT2D eigenvalue weighted by Crippen LogP contribution is -2.10. The van der Waals surface area contributed by atoms with Gasteiger partial charge >= 0.3 is 5.97 Å². The molecule has 1 N–H and O–H groups in total. The fourth-order valence-electron chi connectivity index (χ4n) is 2.91. The van der Waals surface area contributed by atoms with E-state index in [4.69, 9.17) is 9.47 Å². The van der Waals surface area contributed by atoms with Crippen molar-refractivity contribution in [1.29, 1.82) is 0 Å². The van der Waals surface area contributed by atoms with Gasteiger partial charge in [-0.2, -0.15) is 0 Å². The van der Waals surface area contributed by atoms with Crippen LogP contribution in [0.25, 0.3) is 10.6 Å². The van der Waals surface area contributed by atoms with E-state index in [1.54, 1.807) is 0 Å². The van der Waals surface area contributed by atoms with Crippen molar-refractivity contribution in [3.8, 4) is 22.1 Å². The van der Waals surface area contributed by atoms with Gasteiger partial charge in [0.25, 0.3) is 0 Å². The number of benzene rings is 2. The average Bonchev–Trinajstić information content (AvgIpc) is 3.11. The summed E-state index contributed by atoms with van der Waals surface area (Å²) < 4.78 is 11.7. The second kappa shape index (κ2) is 8.89. The van der Waals surface area contributed by atoms with E-state index in [0.29, 0.717) is 36.1 Å². The molecule has 6 heteroatoms. The quantitative estimate of drug-likeness (QED) is 0.533. The monoisotopic (exact) mass is 397 g/mol. The lowest BCUT2D eigenvalue weighted by Gasteiger charge is -2.12. The molecule has 1 heterocycles. The molecule has 0 aliphatic heterocycles. The summed E-state index contributed by atoms with van der Waals surface area (Å²) in [6, 6.07) is 13.6. The van der Waals surface area contributed by atoms with E-state index in [1.807, 2.05) is 50.2 Å². The lowest BCUT2D eigenvalue weighted by atomic mass is 10.1. The average molecular weight is 397 g/mol. The molecule has 0 aliphatic rings. The molecular formula is C22H23NO4S. The molecule has 0 saturated heterocycles. The molecule has 0 radical (unpaired) electrons. The van der Waals surface area contributed by atoms with E-state index in [-0.39, 0.29) is 4.88 Å². The van der Waals surface area contributed by atoms with Crippen LogP contribution in [-0.2, 0) is 6.42 Å². The molecule has 1 aromatic heterocycles. The minimum atomic E-state index is -0.944. The van der Waals surface area contributed by atoms with Crippen molar-refractivity contribution in [2.24, 2.45) is 0 Å². The zero-order valence-electron chi connectivity index (χ0n) is 16.2. The molecule has 28 heavy (non-hydrogen) atoms. The van der Waals surface area contributed by atoms with Crippen LogP contribution in [0.15, 0.2) is 42.5 Å². The summed E-state index contributed by atoms with van der Waals surface area (Å²) in [5.41, 5.74) is 3.68. The number of carboxylic acids is 1. The Morgan fingerprint density at radius 1 is 1.07 bits per heavy atom. The van der Waals surface area contributed by atoms with Crippen molar-refractivity contribution in [1.82, 2.24) is 4.98 Å². The number of nitrogens with zero attached hydrogens (tertiary/aromatic N) is 1. The van der Waals surface area contributed by atoms with Gasteiger partial charge in [0.15, 0.2) is 0 Å². The smallest absolute Gasteiger partial charge is 0.347 e. The number of aromatic carboxylic acids is 1. The number of hydrogen-bond donors (Lipinski definition) is 1. The van der Waals surface area contributed by atoms with Crippen molar-refractivity contribution in [3.63, 3.8) is 0 Å². The van der Waals surface area contributed by atoms with Crippen molar-refractivity contribution in [2.45, 2.75) is 27.2 Å². The molecule has 5 nitrogen and oxygen atoms in total. The second-order valence-corrected chi connectivity index (χ2v) is 7.41. The fraction of sp³-hybridized carbons (Fsp3) is 0.273. The summed E-state index contributed by atoms with van der Waals surface area (Å²) in [6.45, 7) is 6.76. The van der Waals surface area contributed by atoms with E-state index in [2.05, 4.69) is 18.0 Å². The third-order valence-corrected chi connectivity index (χ3v) is 5.39. The number of aromatic nitrogens is 1. The number of aryl methyl sites for hydroxylation is 3. The highest BCUT2D eigenvalue weighted by Gasteiger charge is 2.18. The fourth-order valence-corrected chi connectivity index (χ4v) is 3.93. The number of rotatable bonds is 8. The molecule has 0 spiro atoms. The van der Waals surface area contributed by atoms with Crippen LogP contribution < -0.4 is 9.47 Å². The molecule has 0 amide bonds. The SMILES string of the molecule is CCc1nc(-c2ccccc2OCCOc2ccc(C)cc2C)sc1C(=O)O. The largest absolute Gasteiger partial charge is 0.490 e. The highest BCUT2D eigenvalue weighted by atomic mass is 32.1. The summed E-state index contributed by atoms with van der Waals surface area (Å²) >= 11 is 1.18. The molecule has 2 aromatic carbocycles. The summed E-state index contributed by atoms with van der Waals surface area (Å²) in [5.74, 6) is 0.571. The van der Waals surface area contributed by atoms with Crippen LogP contribution in [0.5, 0.6) is 11.5 Å². The third-order valence-electron chi connectivity index (χ3n) is 4.27. The van der Waals surface area contributed by atoms with Crippen molar-refractivity contribution in [3.05, 3.63) is 64.2 Å². The topological polar surface area (TPSA) is 68.7 Å². The van der Waals surface area contributed by atoms with Gasteiger partial charge in [0, 0.05) is 0 Å². The number of ether oxygens (including phenoxy) is 2. The van der Waals surface area contributed by atoms with Gasteiger partial charge in [-0.25, -0.2) is 9.78 Å². The zero-order valence-corrected chi connectivity index (χ0v) is 17.0. The molecule has 0 saturated carbocycles. The molecule has 0 bridgehead atoms. The maximum atomic E-state index is 11.4. The lowest BCUT2D eigenvalue weighted by molar-refractivity contribution is 0.0701. The van der Waals surface area contributed by atoms with Gasteiger partial charge in [-0.1, -0.05) is 36.8 Å². The number of carboxylic acid groups (broad SMARTS) is 1. The molecular weight excluding hydrogens is 374 g/mol. The van der Waals surface area contributed by atoms with E-state index < -0.39 is 5.97 Å². The number of para-hydroxylation sites is 1. The summed E-state index contributed by atoms with van der Waals surface area (Å²) in [4.78, 5) is 16.2. The Bertz CT molecular complexity index is 980. The first-order valence-corrected chi connectivity index (χ1v) is 9.96. The van der Waals surface area contributed by atoms with Crippen LogP contribution >= 0.6 is 11.3 Å². The van der Waals surface area contributed by atoms with E-state index >= 15 is 0 Å². The Kier molecular flexibility index (Phi) is 6.31. The van der Waals surface area contributed by atoms with Crippen molar-refractivity contribution in [2.75, 3.05) is 13.2 Å². The number of hydrogen-bond acceptors (Lipinski definition) is 5. The molecule has 3 rings (SSSR count). The third kappa shape index (κ3) is 4.51. The van der Waals surface area contributed by atoms with Gasteiger partial charge < -0.3 is 14.6 Å². The Balaban J connectivity index is 1.70. The first-order valence-electron chi connectivity index (χ1n) is 9.14. The van der Waals surface area contributed by atoms with Gasteiger partial charge in [0.1, 0.15) is 34.6 Å². The maximum Gasteiger partial charge on any atom is 0.347 e. The molecule has 146 valence electrons. The summed E-state index contributed by atoms with van der Waals surface area (Å²) in [7, 11) is 0. The van der Waals surface area contributed by atoms with Crippen LogP contribution in [0.4, 0.5) is 0 Å². The van der Waals surface area contributed by atoms with Crippen LogP contribution in [-0.4, -0.2) is 29.3 Å². The van der Waals surface area contributed by atoms with E-state index in [9.17, 15) is 9.90 Å².